The van der Waals surface area contributed by atoms with E-state index in [4.69, 9.17) is 10.8 Å². The lowest BCUT2D eigenvalue weighted by molar-refractivity contribution is -0.135. The fraction of sp³-hybridized carbons (Fsp3) is 0.583. The number of thiol groups is 2. The Balaban J connectivity index is 2.96. The second-order valence-electron chi connectivity index (χ2n) is 9.86. The van der Waals surface area contributed by atoms with E-state index in [1.54, 1.807) is 13.8 Å². The zero-order chi connectivity index (χ0) is 32.9. The van der Waals surface area contributed by atoms with Crippen LogP contribution in [0.2, 0.25) is 0 Å². The van der Waals surface area contributed by atoms with Crippen molar-refractivity contribution >= 4 is 66.8 Å². The van der Waals surface area contributed by atoms with Gasteiger partial charge in [0.25, 0.3) is 0 Å². The zero-order valence-corrected chi connectivity index (χ0v) is 25.8. The lowest BCUT2D eigenvalue weighted by atomic mass is 10.0. The maximum atomic E-state index is 13.2. The van der Waals surface area contributed by atoms with Gasteiger partial charge in [-0.25, -0.2) is 9.78 Å². The predicted octanol–water partition coefficient (Wildman–Crippen LogP) is -2.95. The molecule has 43 heavy (non-hydrogen) atoms. The molecule has 10 N–H and O–H groups in total. The predicted molar refractivity (Wildman–Crippen MR) is 160 cm³/mol. The molecule has 6 atom stereocenters. The van der Waals surface area contributed by atoms with E-state index in [9.17, 15) is 33.6 Å². The number of H-pyrrole nitrogens is 1. The second-order valence-corrected chi connectivity index (χ2v) is 10.6. The summed E-state index contributed by atoms with van der Waals surface area (Å²) in [4.78, 5) is 93.1. The van der Waals surface area contributed by atoms with E-state index in [0.717, 1.165) is 0 Å². The maximum Gasteiger partial charge on any atom is 0.405 e. The van der Waals surface area contributed by atoms with Gasteiger partial charge in [-0.1, -0.05) is 13.8 Å². The second kappa shape index (κ2) is 17.8. The van der Waals surface area contributed by atoms with Crippen molar-refractivity contribution in [3.63, 3.8) is 0 Å². The molecule has 0 aromatic carbocycles. The molecule has 19 heteroatoms. The highest BCUT2D eigenvalue weighted by Crippen LogP contribution is 2.05. The van der Waals surface area contributed by atoms with Crippen molar-refractivity contribution in [2.45, 2.75) is 70.4 Å². The van der Waals surface area contributed by atoms with Crippen LogP contribution in [0.4, 0.5) is 4.79 Å². The molecule has 0 aliphatic carbocycles. The number of rotatable bonds is 17. The number of carboxylic acid groups (broad SMARTS) is 1. The summed E-state index contributed by atoms with van der Waals surface area (Å²) in [6.45, 7) is 6.03. The zero-order valence-electron chi connectivity index (χ0n) is 24.0. The molecule has 0 aliphatic heterocycles. The fourth-order valence-corrected chi connectivity index (χ4v) is 4.03. The van der Waals surface area contributed by atoms with Gasteiger partial charge in [-0.2, -0.15) is 25.3 Å². The lowest BCUT2D eigenvalue weighted by Gasteiger charge is -2.26. The van der Waals surface area contributed by atoms with Gasteiger partial charge in [0.05, 0.1) is 6.33 Å². The number of amides is 7. The third kappa shape index (κ3) is 12.4. The molecule has 0 saturated heterocycles. The van der Waals surface area contributed by atoms with Crippen molar-refractivity contribution in [1.29, 1.82) is 0 Å². The first-order chi connectivity index (χ1) is 20.1. The first-order valence-corrected chi connectivity index (χ1v) is 14.4. The van der Waals surface area contributed by atoms with Gasteiger partial charge < -0.3 is 47.7 Å². The van der Waals surface area contributed by atoms with E-state index < -0.39 is 83.7 Å². The van der Waals surface area contributed by atoms with Crippen LogP contribution in [0.25, 0.3) is 0 Å². The van der Waals surface area contributed by atoms with Crippen molar-refractivity contribution in [2.75, 3.05) is 11.5 Å². The van der Waals surface area contributed by atoms with E-state index in [1.165, 1.54) is 26.4 Å². The Labute approximate surface area is 258 Å². The van der Waals surface area contributed by atoms with Crippen LogP contribution in [-0.2, 0) is 35.2 Å². The van der Waals surface area contributed by atoms with Gasteiger partial charge in [0.15, 0.2) is 0 Å². The summed E-state index contributed by atoms with van der Waals surface area (Å²) in [6.07, 6.45) is 1.28. The van der Waals surface area contributed by atoms with E-state index >= 15 is 0 Å². The number of nitrogens with one attached hydrogen (secondary N) is 7. The average molecular weight is 646 g/mol. The van der Waals surface area contributed by atoms with Gasteiger partial charge in [0.1, 0.15) is 36.3 Å². The van der Waals surface area contributed by atoms with Gasteiger partial charge in [-0.05, 0) is 19.8 Å². The van der Waals surface area contributed by atoms with Crippen LogP contribution in [0.1, 0.15) is 33.4 Å². The summed E-state index contributed by atoms with van der Waals surface area (Å²) in [5.74, 6) is -5.15. The molecule has 0 radical (unpaired) electrons. The molecule has 240 valence electrons. The number of nitrogens with two attached hydrogens (primary N) is 1. The van der Waals surface area contributed by atoms with Crippen LogP contribution >= 0.6 is 25.3 Å². The van der Waals surface area contributed by atoms with Crippen molar-refractivity contribution in [3.8, 4) is 0 Å². The van der Waals surface area contributed by atoms with Gasteiger partial charge in [0.2, 0.25) is 35.4 Å². The summed E-state index contributed by atoms with van der Waals surface area (Å²) in [5, 5.41) is 23.1. The maximum absolute atomic E-state index is 13.2. The number of nitrogens with zero attached hydrogens (tertiary/aromatic N) is 1. The summed E-state index contributed by atoms with van der Waals surface area (Å²) < 4.78 is 0. The van der Waals surface area contributed by atoms with Crippen molar-refractivity contribution < 1.29 is 38.7 Å². The number of imidazole rings is 1. The first kappa shape index (κ1) is 37.0. The molecule has 0 saturated carbocycles. The molecule has 1 aromatic rings. The molecule has 0 fully saturated rings. The number of primary amides is 1. The van der Waals surface area contributed by atoms with E-state index in [2.05, 4.69) is 61.8 Å². The third-order valence-electron chi connectivity index (χ3n) is 6.00. The molecule has 1 heterocycles. The molecule has 1 aromatic heterocycles. The first-order valence-electron chi connectivity index (χ1n) is 13.1. The molecule has 0 spiro atoms. The summed E-state index contributed by atoms with van der Waals surface area (Å²) in [5.41, 5.74) is 5.72. The smallest absolute Gasteiger partial charge is 0.405 e. The van der Waals surface area contributed by atoms with Gasteiger partial charge in [-0.15, -0.1) is 0 Å². The van der Waals surface area contributed by atoms with E-state index in [0.29, 0.717) is 5.69 Å². The third-order valence-corrected chi connectivity index (χ3v) is 6.73. The summed E-state index contributed by atoms with van der Waals surface area (Å²) in [6, 6.07) is -6.95. The molecule has 0 aliphatic rings. The molecule has 17 nitrogen and oxygen atoms in total. The number of aromatic nitrogens is 2. The highest BCUT2D eigenvalue weighted by atomic mass is 32.1. The highest BCUT2D eigenvalue weighted by Gasteiger charge is 2.32. The van der Waals surface area contributed by atoms with E-state index in [1.807, 2.05) is 5.32 Å². The average Bonchev–Trinajstić information content (AvgIpc) is 3.44. The minimum absolute atomic E-state index is 0.0486. The van der Waals surface area contributed by atoms with E-state index in [-0.39, 0.29) is 17.9 Å². The standard InChI is InChI=1S/C24H39N9O8S2/c1-10(2)17(23(39)31-15(7-42)18(25)34)33-20(36)12(4)28-21(37)14(5-13-6-26-9-27-13)30-19(35)11(3)29-22(38)16(8-43)32-24(40)41/h6,9-12,14-17,32,42-43H,5,7-8H2,1-4H3,(H2,25,34)(H,26,27)(H,28,37)(H,29,38)(H,30,35)(H,31,39)(H,33,36)(H,40,41)/t11-,12-,14-,15-,16-,17-/m0/s1. The number of hydrogen-bond acceptors (Lipinski definition) is 10. The Hall–Kier alpha value is -4.00. The minimum Gasteiger partial charge on any atom is -0.465 e. The Morgan fingerprint density at radius 3 is 1.72 bits per heavy atom. The minimum atomic E-state index is -1.45. The van der Waals surface area contributed by atoms with Gasteiger partial charge in [-0.3, -0.25) is 28.8 Å². The Bertz CT molecular complexity index is 1150. The topological polar surface area (TPSA) is 267 Å². The number of carbonyl (C=O) groups is 7. The monoisotopic (exact) mass is 645 g/mol. The number of carbonyl (C=O) groups excluding carboxylic acids is 6. The molecule has 7 amide bonds. The van der Waals surface area contributed by atoms with Crippen LogP contribution in [0.15, 0.2) is 12.5 Å². The van der Waals surface area contributed by atoms with Crippen molar-refractivity contribution in [2.24, 2.45) is 11.7 Å². The molecular weight excluding hydrogens is 606 g/mol. The quantitative estimate of drug-likeness (QED) is 0.0773. The van der Waals surface area contributed by atoms with Gasteiger partial charge in [0, 0.05) is 29.8 Å². The lowest BCUT2D eigenvalue weighted by Crippen LogP contribution is -2.60. The molecule has 0 unspecified atom stereocenters. The SMILES string of the molecule is CC(C)[C@H](NC(=O)[C@H](C)NC(=O)[C@H](Cc1cnc[nH]1)NC(=O)[C@H](C)NC(=O)[C@H](CS)NC(=O)O)C(=O)N[C@@H](CS)C(N)=O. The Kier molecular flexibility index (Phi) is 15.4. The molecular formula is C24H39N9O8S2. The van der Waals surface area contributed by atoms with Crippen LogP contribution < -0.4 is 37.6 Å². The van der Waals surface area contributed by atoms with Crippen LogP contribution in [0.3, 0.4) is 0 Å². The van der Waals surface area contributed by atoms with Crippen LogP contribution in [0, 0.1) is 5.92 Å². The summed E-state index contributed by atoms with van der Waals surface area (Å²) in [7, 11) is 0. The van der Waals surface area contributed by atoms with Crippen LogP contribution in [-0.4, -0.2) is 104 Å². The van der Waals surface area contributed by atoms with Crippen molar-refractivity contribution in [1.82, 2.24) is 41.9 Å². The fourth-order valence-electron chi connectivity index (χ4n) is 3.51. The normalized spacial score (nSPS) is 15.0. The molecule has 0 bridgehead atoms. The van der Waals surface area contributed by atoms with Crippen LogP contribution in [0.5, 0.6) is 0 Å². The number of hydrogen-bond donors (Lipinski definition) is 11. The van der Waals surface area contributed by atoms with Gasteiger partial charge >= 0.3 is 6.09 Å². The highest BCUT2D eigenvalue weighted by molar-refractivity contribution is 7.80. The Morgan fingerprint density at radius 1 is 0.767 bits per heavy atom. The number of aromatic amines is 1. The molecule has 1 rings (SSSR count). The van der Waals surface area contributed by atoms with Crippen molar-refractivity contribution in [3.05, 3.63) is 18.2 Å². The largest absolute Gasteiger partial charge is 0.465 e. The Morgan fingerprint density at radius 2 is 1.28 bits per heavy atom. The summed E-state index contributed by atoms with van der Waals surface area (Å²) >= 11 is 7.91.